The van der Waals surface area contributed by atoms with Gasteiger partial charge in [-0.1, -0.05) is 16.2 Å². The van der Waals surface area contributed by atoms with Crippen LogP contribution in [0.25, 0.3) is 11.1 Å². The lowest BCUT2D eigenvalue weighted by Gasteiger charge is -2.50. The van der Waals surface area contributed by atoms with Crippen molar-refractivity contribution >= 4 is 56.3 Å². The fourth-order valence-electron chi connectivity index (χ4n) is 6.30. The van der Waals surface area contributed by atoms with E-state index in [1.165, 1.54) is 26.2 Å². The molecule has 302 valence electrons. The van der Waals surface area contributed by atoms with Crippen LogP contribution in [0.5, 0.6) is 5.75 Å². The number of aliphatic hydroxyl groups is 1. The molecule has 0 aliphatic carbocycles. The minimum Gasteiger partial charge on any atom is -0.485 e. The van der Waals surface area contributed by atoms with E-state index in [1.54, 1.807) is 12.3 Å². The molecule has 0 spiro atoms. The Labute approximate surface area is 324 Å². The number of nitrogens with two attached hydrogens (primary N) is 2. The van der Waals surface area contributed by atoms with E-state index in [2.05, 4.69) is 35.4 Å². The van der Waals surface area contributed by atoms with Crippen molar-refractivity contribution in [2.24, 2.45) is 16.8 Å². The Hall–Kier alpha value is -5.04. The number of carboxylic acid groups (broad SMARTS) is 1. The molecular weight excluding hydrogens is 777 g/mol. The number of nitrogens with one attached hydrogen (secondary N) is 3. The maximum Gasteiger partial charge on any atom is 0.418 e. The van der Waals surface area contributed by atoms with E-state index < -0.39 is 63.3 Å². The van der Waals surface area contributed by atoms with Crippen LogP contribution in [0, 0.1) is 5.92 Å². The Morgan fingerprint density at radius 2 is 2.05 bits per heavy atom. The zero-order valence-corrected chi connectivity index (χ0v) is 32.2. The minimum atomic E-state index is -5.04. The third-order valence-corrected chi connectivity index (χ3v) is 10.8. The number of ether oxygens (including phenoxy) is 1. The number of nitrogens with zero attached hydrogens (tertiary/aromatic N) is 5. The average Bonchev–Trinajstić information content (AvgIpc) is 3.57. The number of aromatic nitrogens is 3. The highest BCUT2D eigenvalue weighted by atomic mass is 32.3. The number of nitrogen functional groups attached to an aromatic ring is 1. The normalized spacial score (nSPS) is 21.1. The Bertz CT molecular complexity index is 2150. The summed E-state index contributed by atoms with van der Waals surface area (Å²) in [6.07, 6.45) is 2.50. The van der Waals surface area contributed by atoms with E-state index in [0.29, 0.717) is 35.6 Å². The second-order valence-corrected chi connectivity index (χ2v) is 16.2. The third-order valence-electron chi connectivity index (χ3n) is 9.79. The number of aryl methyl sites for hydroxylation is 1. The Morgan fingerprint density at radius 1 is 1.30 bits per heavy atom. The van der Waals surface area contributed by atoms with Gasteiger partial charge < -0.3 is 41.9 Å². The van der Waals surface area contributed by atoms with Gasteiger partial charge in [0.05, 0.1) is 30.9 Å². The molecule has 1 aromatic carbocycles. The Kier molecular flexibility index (Phi) is 11.5. The molecule has 23 heteroatoms. The van der Waals surface area contributed by atoms with Crippen LogP contribution < -0.4 is 36.7 Å². The quantitative estimate of drug-likeness (QED) is 0.0277. The number of fused-ring (bicyclic) bond motifs is 1. The van der Waals surface area contributed by atoms with Crippen molar-refractivity contribution < 1.29 is 56.0 Å². The summed E-state index contributed by atoms with van der Waals surface area (Å²) in [4.78, 5) is 53.4. The summed E-state index contributed by atoms with van der Waals surface area (Å²) in [6.45, 7) is 6.83. The third kappa shape index (κ3) is 8.52. The molecule has 10 N–H and O–H groups in total. The maximum absolute atomic E-state index is 13.6. The molecule has 2 amide bonds. The molecule has 21 nitrogen and oxygen atoms in total. The van der Waals surface area contributed by atoms with Crippen molar-refractivity contribution in [1.82, 2.24) is 25.7 Å². The summed E-state index contributed by atoms with van der Waals surface area (Å²) in [5, 5.41) is 35.0. The van der Waals surface area contributed by atoms with Crippen LogP contribution in [0.2, 0.25) is 0 Å². The number of thiazole rings is 1. The van der Waals surface area contributed by atoms with E-state index in [9.17, 15) is 33.0 Å². The fraction of sp³-hybridized carbons (Fsp3) is 0.485. The first-order valence-electron chi connectivity index (χ1n) is 17.4. The van der Waals surface area contributed by atoms with Gasteiger partial charge >= 0.3 is 22.3 Å². The van der Waals surface area contributed by atoms with Crippen molar-refractivity contribution in [2.75, 3.05) is 37.2 Å². The number of anilines is 2. The van der Waals surface area contributed by atoms with E-state index >= 15 is 0 Å². The van der Waals surface area contributed by atoms with Gasteiger partial charge in [0, 0.05) is 36.5 Å². The van der Waals surface area contributed by atoms with Crippen molar-refractivity contribution in [3.05, 3.63) is 47.2 Å². The number of carbonyl (C=O) groups excluding carboxylic acids is 2. The number of aliphatic carboxylic acids is 1. The summed E-state index contributed by atoms with van der Waals surface area (Å²) in [5.41, 5.74) is 9.66. The second kappa shape index (κ2) is 15.8. The van der Waals surface area contributed by atoms with Crippen LogP contribution in [-0.2, 0) is 46.9 Å². The molecule has 3 aliphatic heterocycles. The molecule has 0 bridgehead atoms. The van der Waals surface area contributed by atoms with Crippen molar-refractivity contribution in [1.29, 1.82) is 0 Å². The monoisotopic (exact) mass is 819 g/mol. The first kappa shape index (κ1) is 40.6. The molecule has 3 aliphatic rings. The van der Waals surface area contributed by atoms with E-state index in [0.717, 1.165) is 41.1 Å². The number of carboxylic acids is 1. The number of carbonyl (C=O) groups is 3. The summed E-state index contributed by atoms with van der Waals surface area (Å²) in [6, 6.07) is 4.16. The van der Waals surface area contributed by atoms with Gasteiger partial charge in [-0.25, -0.2) is 14.3 Å². The van der Waals surface area contributed by atoms with E-state index in [4.69, 9.17) is 25.6 Å². The van der Waals surface area contributed by atoms with Crippen molar-refractivity contribution in [3.63, 3.8) is 0 Å². The van der Waals surface area contributed by atoms with Crippen molar-refractivity contribution in [3.8, 4) is 16.9 Å². The zero-order chi connectivity index (χ0) is 40.6. The molecule has 56 heavy (non-hydrogen) atoms. The number of benzene rings is 1. The molecule has 0 radical (unpaired) electrons. The Balaban J connectivity index is 1.20. The number of amides is 2. The largest absolute Gasteiger partial charge is 0.485 e. The molecule has 4 atom stereocenters. The molecule has 2 saturated heterocycles. The number of rotatable bonds is 16. The highest BCUT2D eigenvalue weighted by Gasteiger charge is 2.58. The number of hydroxylamine groups is 2. The summed E-state index contributed by atoms with van der Waals surface area (Å²) < 4.78 is 44.0. The lowest BCUT2D eigenvalue weighted by Crippen LogP contribution is -2.76. The summed E-state index contributed by atoms with van der Waals surface area (Å²) in [5.74, 6) is -2.02. The predicted molar refractivity (Wildman–Crippen MR) is 198 cm³/mol. The van der Waals surface area contributed by atoms with E-state index in [1.807, 2.05) is 22.9 Å². The molecule has 2 aromatic heterocycles. The van der Waals surface area contributed by atoms with Gasteiger partial charge in [-0.2, -0.15) is 13.5 Å². The van der Waals surface area contributed by atoms with Gasteiger partial charge in [0.25, 0.3) is 17.4 Å². The van der Waals surface area contributed by atoms with Crippen LogP contribution in [0.15, 0.2) is 41.1 Å². The lowest BCUT2D eigenvalue weighted by atomic mass is 9.84. The first-order chi connectivity index (χ1) is 26.4. The smallest absolute Gasteiger partial charge is 0.418 e. The van der Waals surface area contributed by atoms with Crippen LogP contribution in [0.1, 0.15) is 38.4 Å². The number of hydrogen-bond acceptors (Lipinski definition) is 17. The minimum absolute atomic E-state index is 0.0529. The van der Waals surface area contributed by atoms with Crippen LogP contribution in [0.4, 0.5) is 11.1 Å². The number of aliphatic hydroxyl groups excluding tert-OH is 1. The molecular formula is C33H43N10O11S2+. The predicted octanol–water partition coefficient (Wildman–Crippen LogP) is -1.18. The molecule has 3 aromatic rings. The molecule has 2 fully saturated rings. The molecule has 0 saturated carbocycles. The zero-order valence-electron chi connectivity index (χ0n) is 30.5. The van der Waals surface area contributed by atoms with Gasteiger partial charge in [0.2, 0.25) is 0 Å². The van der Waals surface area contributed by atoms with Gasteiger partial charge in [-0.3, -0.25) is 19.5 Å². The standard InChI is InChI=1S/C33H42N10O11S2/c1-32(2)26(28(46)43(32)54-56(49,50)51)40-27(45)25(22-16-55-30(35)39-22)41-53-33(3,29(47)48)24-7-5-19-8-18(4-6-23(19)52-24)20-12-37-31(38-13-21(44)9-34)42(15-20)14-17-10-36-11-17/h4,6,8,12,15-17,21,24,26,36,44H,5,7,9-11,13-14,34H2,1-3H3,(H5,35,39,40,45,47,48,49,50,51)/p+1/b41-25-/t21-,24-,26-,33+/m1/s1. The van der Waals surface area contributed by atoms with Crippen LogP contribution >= 0.6 is 11.3 Å². The summed E-state index contributed by atoms with van der Waals surface area (Å²) in [7, 11) is -5.04. The second-order valence-electron chi connectivity index (χ2n) is 14.3. The maximum atomic E-state index is 13.6. The Morgan fingerprint density at radius 3 is 2.66 bits per heavy atom. The number of hydrogen-bond donors (Lipinski definition) is 8. The lowest BCUT2D eigenvalue weighted by molar-refractivity contribution is -0.692. The average molecular weight is 820 g/mol. The fourth-order valence-corrected chi connectivity index (χ4v) is 7.30. The van der Waals surface area contributed by atoms with Gasteiger partial charge in [0.15, 0.2) is 16.9 Å². The van der Waals surface area contributed by atoms with E-state index in [-0.39, 0.29) is 30.3 Å². The van der Waals surface area contributed by atoms with Crippen LogP contribution in [0.3, 0.4) is 0 Å². The molecule has 5 heterocycles. The summed E-state index contributed by atoms with van der Waals surface area (Å²) >= 11 is 0.962. The number of oxime groups is 1. The molecule has 0 unspecified atom stereocenters. The first-order valence-corrected chi connectivity index (χ1v) is 19.7. The highest BCUT2D eigenvalue weighted by molar-refractivity contribution is 7.80. The van der Waals surface area contributed by atoms with Gasteiger partial charge in [0.1, 0.15) is 23.7 Å². The topological polar surface area (TPSA) is 307 Å². The molecule has 6 rings (SSSR count). The number of β-lactam (4-membered cyclic amide) rings is 1. The van der Waals surface area contributed by atoms with Gasteiger partial charge in [-0.05, 0) is 56.9 Å². The highest BCUT2D eigenvalue weighted by Crippen LogP contribution is 2.37. The SMILES string of the molecule is CC1(C)[C@H](NC(=O)/C(=N\O[C@](C)(C(=O)O)[C@H]2CCc3cc(-c4cnc(NC[C@H](O)CN)[n+](CC5CNC5)c4)ccc3O2)c2csc(N)n2)C(=O)N1OS(=O)(=O)O. The van der Waals surface area contributed by atoms with Gasteiger partial charge in [-0.15, -0.1) is 15.6 Å². The van der Waals surface area contributed by atoms with Crippen LogP contribution in [-0.4, -0.2) is 117 Å². The van der Waals surface area contributed by atoms with Crippen molar-refractivity contribution in [2.45, 2.75) is 69.5 Å².